The maximum atomic E-state index is 10.8. The molecule has 1 aromatic carbocycles. The highest BCUT2D eigenvalue weighted by Crippen LogP contribution is 2.16. The number of aromatic nitrogens is 1. The first-order valence-corrected chi connectivity index (χ1v) is 5.63. The van der Waals surface area contributed by atoms with Crippen molar-refractivity contribution in [2.24, 2.45) is 4.99 Å². The molecule has 0 aliphatic heterocycles. The predicted octanol–water partition coefficient (Wildman–Crippen LogP) is 2.10. The first kappa shape index (κ1) is 12.8. The molecule has 2 N–H and O–H groups in total. The number of aromatic carboxylic acids is 1. The summed E-state index contributed by atoms with van der Waals surface area (Å²) < 4.78 is 0. The number of nitrogens with zero attached hydrogens (tertiary/aromatic N) is 2. The molecule has 1 heterocycles. The van der Waals surface area contributed by atoms with E-state index in [1.807, 2.05) is 18.2 Å². The van der Waals surface area contributed by atoms with E-state index in [9.17, 15) is 9.90 Å². The SMILES string of the molecule is O=C(O)c1ccc(O)c(C=NCc2ccccn2)c1. The van der Waals surface area contributed by atoms with Crippen molar-refractivity contribution >= 4 is 12.2 Å². The van der Waals surface area contributed by atoms with E-state index in [2.05, 4.69) is 9.98 Å². The number of carboxylic acid groups (broad SMARTS) is 1. The summed E-state index contributed by atoms with van der Waals surface area (Å²) in [7, 11) is 0. The second kappa shape index (κ2) is 5.77. The quantitative estimate of drug-likeness (QED) is 0.821. The zero-order valence-electron chi connectivity index (χ0n) is 10.0. The van der Waals surface area contributed by atoms with Crippen molar-refractivity contribution in [1.29, 1.82) is 0 Å². The van der Waals surface area contributed by atoms with Gasteiger partial charge in [-0.25, -0.2) is 4.79 Å². The van der Waals surface area contributed by atoms with E-state index in [-0.39, 0.29) is 11.3 Å². The van der Waals surface area contributed by atoms with Gasteiger partial charge in [-0.3, -0.25) is 9.98 Å². The monoisotopic (exact) mass is 256 g/mol. The van der Waals surface area contributed by atoms with E-state index in [0.717, 1.165) is 5.69 Å². The Hall–Kier alpha value is -2.69. The molecule has 0 fully saturated rings. The van der Waals surface area contributed by atoms with Crippen LogP contribution in [0.15, 0.2) is 47.6 Å². The third kappa shape index (κ3) is 3.38. The first-order chi connectivity index (χ1) is 9.16. The Bertz CT molecular complexity index is 609. The van der Waals surface area contributed by atoms with Crippen LogP contribution in [0.3, 0.4) is 0 Å². The average molecular weight is 256 g/mol. The van der Waals surface area contributed by atoms with Gasteiger partial charge in [0.2, 0.25) is 0 Å². The molecule has 0 saturated heterocycles. The zero-order chi connectivity index (χ0) is 13.7. The highest BCUT2D eigenvalue weighted by Gasteiger charge is 2.05. The maximum absolute atomic E-state index is 10.8. The highest BCUT2D eigenvalue weighted by atomic mass is 16.4. The molecule has 0 amide bonds. The molecular weight excluding hydrogens is 244 g/mol. The number of benzene rings is 1. The van der Waals surface area contributed by atoms with E-state index in [4.69, 9.17) is 5.11 Å². The Balaban J connectivity index is 2.14. The van der Waals surface area contributed by atoms with Gasteiger partial charge in [-0.2, -0.15) is 0 Å². The molecule has 0 aliphatic carbocycles. The van der Waals surface area contributed by atoms with Crippen LogP contribution in [0.4, 0.5) is 0 Å². The van der Waals surface area contributed by atoms with E-state index in [1.165, 1.54) is 24.4 Å². The standard InChI is InChI=1S/C14H12N2O3/c17-13-5-4-10(14(18)19)7-11(13)8-15-9-12-3-1-2-6-16-12/h1-8,17H,9H2,(H,18,19). The van der Waals surface area contributed by atoms with Crippen LogP contribution in [0, 0.1) is 0 Å². The molecule has 0 unspecified atom stereocenters. The summed E-state index contributed by atoms with van der Waals surface area (Å²) in [4.78, 5) is 19.1. The number of carbonyl (C=O) groups is 1. The minimum Gasteiger partial charge on any atom is -0.507 e. The van der Waals surface area contributed by atoms with Gasteiger partial charge < -0.3 is 10.2 Å². The first-order valence-electron chi connectivity index (χ1n) is 5.63. The summed E-state index contributed by atoms with van der Waals surface area (Å²) in [5, 5.41) is 18.5. The van der Waals surface area contributed by atoms with E-state index >= 15 is 0 Å². The summed E-state index contributed by atoms with van der Waals surface area (Å²) >= 11 is 0. The Kier molecular flexibility index (Phi) is 3.87. The third-order valence-corrected chi connectivity index (χ3v) is 2.48. The molecule has 2 aromatic rings. The number of rotatable bonds is 4. The van der Waals surface area contributed by atoms with Crippen LogP contribution in [0.25, 0.3) is 0 Å². The molecule has 0 atom stereocenters. The number of hydrogen-bond acceptors (Lipinski definition) is 4. The number of carboxylic acids is 1. The smallest absolute Gasteiger partial charge is 0.335 e. The summed E-state index contributed by atoms with van der Waals surface area (Å²) in [6.45, 7) is 0.373. The molecule has 2 rings (SSSR count). The minimum atomic E-state index is -1.04. The number of phenolic OH excluding ortho intramolecular Hbond substituents is 1. The van der Waals surface area contributed by atoms with Crippen LogP contribution in [-0.2, 0) is 6.54 Å². The zero-order valence-corrected chi connectivity index (χ0v) is 10.0. The van der Waals surface area contributed by atoms with E-state index in [0.29, 0.717) is 12.1 Å². The summed E-state index contributed by atoms with van der Waals surface area (Å²) in [5.74, 6) is -1.05. The minimum absolute atomic E-state index is 0.00484. The van der Waals surface area contributed by atoms with Gasteiger partial charge in [-0.15, -0.1) is 0 Å². The number of hydrogen-bond donors (Lipinski definition) is 2. The molecule has 96 valence electrons. The fourth-order valence-electron chi connectivity index (χ4n) is 1.52. The summed E-state index contributed by atoms with van der Waals surface area (Å²) in [6.07, 6.45) is 3.11. The van der Waals surface area contributed by atoms with Crippen LogP contribution in [0.5, 0.6) is 5.75 Å². The van der Waals surface area contributed by atoms with Gasteiger partial charge in [-0.05, 0) is 30.3 Å². The van der Waals surface area contributed by atoms with E-state index < -0.39 is 5.97 Å². The number of pyridine rings is 1. The molecule has 0 bridgehead atoms. The Morgan fingerprint density at radius 1 is 1.32 bits per heavy atom. The number of phenols is 1. The lowest BCUT2D eigenvalue weighted by Crippen LogP contribution is -1.97. The lowest BCUT2D eigenvalue weighted by Gasteiger charge is -2.00. The summed E-state index contributed by atoms with van der Waals surface area (Å²) in [5.41, 5.74) is 1.28. The molecule has 5 nitrogen and oxygen atoms in total. The fourth-order valence-corrected chi connectivity index (χ4v) is 1.52. The normalized spacial score (nSPS) is 10.7. The van der Waals surface area contributed by atoms with Crippen molar-refractivity contribution < 1.29 is 15.0 Å². The van der Waals surface area contributed by atoms with Crippen LogP contribution < -0.4 is 0 Å². The highest BCUT2D eigenvalue weighted by molar-refractivity contribution is 5.92. The Labute approximate surface area is 109 Å². The molecular formula is C14H12N2O3. The molecule has 5 heteroatoms. The lowest BCUT2D eigenvalue weighted by atomic mass is 10.1. The van der Waals surface area contributed by atoms with Crippen molar-refractivity contribution in [3.05, 3.63) is 59.4 Å². The fraction of sp³-hybridized carbons (Fsp3) is 0.0714. The maximum Gasteiger partial charge on any atom is 0.335 e. The number of aromatic hydroxyl groups is 1. The predicted molar refractivity (Wildman–Crippen MR) is 70.6 cm³/mol. The van der Waals surface area contributed by atoms with Gasteiger partial charge in [0.1, 0.15) is 5.75 Å². The van der Waals surface area contributed by atoms with Gasteiger partial charge >= 0.3 is 5.97 Å². The molecule has 19 heavy (non-hydrogen) atoms. The Morgan fingerprint density at radius 3 is 2.84 bits per heavy atom. The molecule has 0 spiro atoms. The molecule has 0 saturated carbocycles. The van der Waals surface area contributed by atoms with Gasteiger partial charge in [0, 0.05) is 18.0 Å². The van der Waals surface area contributed by atoms with Gasteiger partial charge in [0.15, 0.2) is 0 Å². The van der Waals surface area contributed by atoms with Crippen LogP contribution in [-0.4, -0.2) is 27.4 Å². The van der Waals surface area contributed by atoms with Crippen LogP contribution >= 0.6 is 0 Å². The summed E-state index contributed by atoms with van der Waals surface area (Å²) in [6, 6.07) is 9.57. The largest absolute Gasteiger partial charge is 0.507 e. The van der Waals surface area contributed by atoms with Crippen molar-refractivity contribution in [2.75, 3.05) is 0 Å². The van der Waals surface area contributed by atoms with Crippen molar-refractivity contribution in [2.45, 2.75) is 6.54 Å². The van der Waals surface area contributed by atoms with Crippen molar-refractivity contribution in [1.82, 2.24) is 4.98 Å². The van der Waals surface area contributed by atoms with Gasteiger partial charge in [-0.1, -0.05) is 6.07 Å². The second-order valence-corrected chi connectivity index (χ2v) is 3.87. The lowest BCUT2D eigenvalue weighted by molar-refractivity contribution is 0.0697. The molecule has 1 aromatic heterocycles. The average Bonchev–Trinajstić information content (AvgIpc) is 2.42. The van der Waals surface area contributed by atoms with Crippen LogP contribution in [0.1, 0.15) is 21.6 Å². The topological polar surface area (TPSA) is 82.8 Å². The van der Waals surface area contributed by atoms with E-state index in [1.54, 1.807) is 6.20 Å². The third-order valence-electron chi connectivity index (χ3n) is 2.48. The van der Waals surface area contributed by atoms with Crippen molar-refractivity contribution in [3.63, 3.8) is 0 Å². The van der Waals surface area contributed by atoms with Gasteiger partial charge in [0.05, 0.1) is 17.8 Å². The van der Waals surface area contributed by atoms with Gasteiger partial charge in [0.25, 0.3) is 0 Å². The molecule has 0 radical (unpaired) electrons. The number of aliphatic imine (C=N–C) groups is 1. The second-order valence-electron chi connectivity index (χ2n) is 3.87. The van der Waals surface area contributed by atoms with Crippen molar-refractivity contribution in [3.8, 4) is 5.75 Å². The Morgan fingerprint density at radius 2 is 2.16 bits per heavy atom. The molecule has 0 aliphatic rings. The van der Waals surface area contributed by atoms with Crippen LogP contribution in [0.2, 0.25) is 0 Å².